The van der Waals surface area contributed by atoms with Crippen molar-refractivity contribution in [3.05, 3.63) is 71.9 Å². The maximum absolute atomic E-state index is 12.7. The van der Waals surface area contributed by atoms with E-state index in [9.17, 15) is 13.2 Å². The molecule has 0 radical (unpaired) electrons. The van der Waals surface area contributed by atoms with Gasteiger partial charge in [-0.05, 0) is 30.7 Å². The van der Waals surface area contributed by atoms with Crippen molar-refractivity contribution in [2.75, 3.05) is 11.0 Å². The van der Waals surface area contributed by atoms with E-state index in [0.717, 1.165) is 23.1 Å². The number of anilines is 1. The van der Waals surface area contributed by atoms with Gasteiger partial charge in [-0.25, -0.2) is 8.42 Å². The van der Waals surface area contributed by atoms with Crippen LogP contribution in [0.1, 0.15) is 29.0 Å². The lowest BCUT2D eigenvalue weighted by molar-refractivity contribution is 0.0930. The van der Waals surface area contributed by atoms with Crippen LogP contribution >= 0.6 is 0 Å². The van der Waals surface area contributed by atoms with Crippen molar-refractivity contribution in [1.29, 1.82) is 0 Å². The van der Waals surface area contributed by atoms with Gasteiger partial charge < -0.3 is 5.32 Å². The molecule has 2 N–H and O–H groups in total. The second-order valence-corrected chi connectivity index (χ2v) is 8.34. The Balaban J connectivity index is 1.72. The van der Waals surface area contributed by atoms with Crippen molar-refractivity contribution in [2.24, 2.45) is 7.05 Å². The Labute approximate surface area is 164 Å². The molecular weight excluding hydrogens is 376 g/mol. The van der Waals surface area contributed by atoms with Crippen LogP contribution in [0.2, 0.25) is 0 Å². The van der Waals surface area contributed by atoms with Gasteiger partial charge in [0, 0.05) is 18.3 Å². The highest BCUT2D eigenvalue weighted by molar-refractivity contribution is 7.92. The van der Waals surface area contributed by atoms with Gasteiger partial charge in [0.05, 0.1) is 18.0 Å². The molecule has 146 valence electrons. The number of sulfonamides is 1. The zero-order valence-corrected chi connectivity index (χ0v) is 16.7. The lowest BCUT2D eigenvalue weighted by Crippen LogP contribution is -2.28. The number of nitrogens with zero attached hydrogens (tertiary/aromatic N) is 2. The van der Waals surface area contributed by atoms with E-state index in [4.69, 9.17) is 0 Å². The summed E-state index contributed by atoms with van der Waals surface area (Å²) in [6.07, 6.45) is 1.10. The van der Waals surface area contributed by atoms with Crippen molar-refractivity contribution < 1.29 is 13.2 Å². The Morgan fingerprint density at radius 2 is 1.71 bits per heavy atom. The fourth-order valence-electron chi connectivity index (χ4n) is 2.84. The van der Waals surface area contributed by atoms with Crippen molar-refractivity contribution in [3.8, 4) is 11.3 Å². The van der Waals surface area contributed by atoms with Crippen LogP contribution in [0.3, 0.4) is 0 Å². The molecule has 0 fully saturated rings. The van der Waals surface area contributed by atoms with Crippen LogP contribution in [0.25, 0.3) is 11.3 Å². The third-order valence-electron chi connectivity index (χ3n) is 4.24. The molecule has 1 heterocycles. The number of hydrogen-bond acceptors (Lipinski definition) is 4. The number of carbonyl (C=O) groups excluding carboxylic acids is 1. The quantitative estimate of drug-likeness (QED) is 0.668. The van der Waals surface area contributed by atoms with Crippen LogP contribution in [0.4, 0.5) is 5.69 Å². The molecule has 0 aliphatic rings. The largest absolute Gasteiger partial charge is 0.344 e. The number of carbonyl (C=O) groups is 1. The predicted octanol–water partition coefficient (Wildman–Crippen LogP) is 2.95. The maximum Gasteiger partial charge on any atom is 0.270 e. The summed E-state index contributed by atoms with van der Waals surface area (Å²) in [7, 11) is -1.59. The Kier molecular flexibility index (Phi) is 5.51. The van der Waals surface area contributed by atoms with Gasteiger partial charge in [0.25, 0.3) is 5.91 Å². The molecule has 2 aromatic carbocycles. The molecule has 28 heavy (non-hydrogen) atoms. The summed E-state index contributed by atoms with van der Waals surface area (Å²) in [5, 5.41) is 7.37. The summed E-state index contributed by atoms with van der Waals surface area (Å²) in [4.78, 5) is 12.7. The number of hydrogen-bond donors (Lipinski definition) is 2. The van der Waals surface area contributed by atoms with Crippen molar-refractivity contribution >= 4 is 21.6 Å². The van der Waals surface area contributed by atoms with E-state index in [1.165, 1.54) is 0 Å². The minimum atomic E-state index is -3.32. The lowest BCUT2D eigenvalue weighted by atomic mass is 10.1. The van der Waals surface area contributed by atoms with Crippen molar-refractivity contribution in [3.63, 3.8) is 0 Å². The topological polar surface area (TPSA) is 93.1 Å². The first-order valence-electron chi connectivity index (χ1n) is 8.71. The second-order valence-electron chi connectivity index (χ2n) is 6.60. The highest BCUT2D eigenvalue weighted by Crippen LogP contribution is 2.20. The minimum absolute atomic E-state index is 0.233. The smallest absolute Gasteiger partial charge is 0.270 e. The summed E-state index contributed by atoms with van der Waals surface area (Å²) in [6, 6.07) is 18.0. The molecule has 7 nitrogen and oxygen atoms in total. The van der Waals surface area contributed by atoms with Gasteiger partial charge in [-0.3, -0.25) is 14.2 Å². The van der Waals surface area contributed by atoms with Gasteiger partial charge in [-0.1, -0.05) is 42.5 Å². The van der Waals surface area contributed by atoms with Crippen LogP contribution in [0.15, 0.2) is 60.7 Å². The van der Waals surface area contributed by atoms with Crippen LogP contribution in [-0.2, 0) is 17.1 Å². The van der Waals surface area contributed by atoms with Gasteiger partial charge >= 0.3 is 0 Å². The van der Waals surface area contributed by atoms with Gasteiger partial charge in [-0.2, -0.15) is 5.10 Å². The maximum atomic E-state index is 12.7. The van der Waals surface area contributed by atoms with E-state index >= 15 is 0 Å². The molecule has 0 aliphatic heterocycles. The van der Waals surface area contributed by atoms with Crippen molar-refractivity contribution in [2.45, 2.75) is 13.0 Å². The molecule has 1 atom stereocenters. The number of nitrogens with one attached hydrogen (secondary N) is 2. The highest BCUT2D eigenvalue weighted by Gasteiger charge is 2.17. The summed E-state index contributed by atoms with van der Waals surface area (Å²) in [5.41, 5.74) is 3.47. The minimum Gasteiger partial charge on any atom is -0.344 e. The zero-order chi connectivity index (χ0) is 20.3. The van der Waals surface area contributed by atoms with Crippen LogP contribution in [0, 0.1) is 0 Å². The molecule has 1 aromatic heterocycles. The highest BCUT2D eigenvalue weighted by atomic mass is 32.2. The average Bonchev–Trinajstić information content (AvgIpc) is 3.03. The van der Waals surface area contributed by atoms with Crippen molar-refractivity contribution in [1.82, 2.24) is 15.1 Å². The molecular formula is C20H22N4O3S. The molecule has 8 heteroatoms. The Hall–Kier alpha value is -3.13. The second kappa shape index (κ2) is 7.85. The summed E-state index contributed by atoms with van der Waals surface area (Å²) < 4.78 is 26.5. The number of amides is 1. The van der Waals surface area contributed by atoms with Gasteiger partial charge in [0.15, 0.2) is 0 Å². The number of aromatic nitrogens is 2. The average molecular weight is 398 g/mol. The Bertz CT molecular complexity index is 1070. The standard InChI is InChI=1S/C20H22N4O3S/c1-14(15-9-11-17(12-10-15)23-28(3,26)27)21-20(25)19-13-18(22-24(19)2)16-7-5-4-6-8-16/h4-14,23H,1-3H3,(H,21,25)/t14-/m1/s1. The van der Waals surface area contributed by atoms with Crippen LogP contribution in [-0.4, -0.2) is 30.4 Å². The fourth-order valence-corrected chi connectivity index (χ4v) is 3.40. The van der Waals surface area contributed by atoms with E-state index in [1.807, 2.05) is 37.3 Å². The summed E-state index contributed by atoms with van der Waals surface area (Å²) in [5.74, 6) is -0.233. The SMILES string of the molecule is C[C@@H](NC(=O)c1cc(-c2ccccc2)nn1C)c1ccc(NS(C)(=O)=O)cc1. The summed E-state index contributed by atoms with van der Waals surface area (Å²) >= 11 is 0. The van der Waals surface area contributed by atoms with Gasteiger partial charge in [0.2, 0.25) is 10.0 Å². The Morgan fingerprint density at radius 3 is 2.32 bits per heavy atom. The summed E-state index contributed by atoms with van der Waals surface area (Å²) in [6.45, 7) is 1.87. The molecule has 0 saturated heterocycles. The molecule has 3 rings (SSSR count). The van der Waals surface area contributed by atoms with Crippen LogP contribution in [0.5, 0.6) is 0 Å². The first-order valence-corrected chi connectivity index (χ1v) is 10.6. The molecule has 3 aromatic rings. The molecule has 0 aliphatic carbocycles. The molecule has 0 saturated carbocycles. The first kappa shape index (κ1) is 19.6. The normalized spacial score (nSPS) is 12.4. The monoisotopic (exact) mass is 398 g/mol. The van der Waals surface area contributed by atoms with E-state index in [2.05, 4.69) is 15.1 Å². The number of rotatable bonds is 6. The lowest BCUT2D eigenvalue weighted by Gasteiger charge is -2.15. The number of benzene rings is 2. The number of aryl methyl sites for hydroxylation is 1. The molecule has 1 amide bonds. The van der Waals surface area contributed by atoms with E-state index in [0.29, 0.717) is 11.4 Å². The third kappa shape index (κ3) is 4.77. The molecule has 0 spiro atoms. The van der Waals surface area contributed by atoms with Gasteiger partial charge in [-0.15, -0.1) is 0 Å². The van der Waals surface area contributed by atoms with E-state index < -0.39 is 10.0 Å². The zero-order valence-electron chi connectivity index (χ0n) is 15.9. The fraction of sp³-hybridized carbons (Fsp3) is 0.200. The van der Waals surface area contributed by atoms with E-state index in [-0.39, 0.29) is 11.9 Å². The third-order valence-corrected chi connectivity index (χ3v) is 4.85. The van der Waals surface area contributed by atoms with Crippen LogP contribution < -0.4 is 10.0 Å². The molecule has 0 unspecified atom stereocenters. The predicted molar refractivity (Wildman–Crippen MR) is 109 cm³/mol. The van der Waals surface area contributed by atoms with Gasteiger partial charge in [0.1, 0.15) is 5.69 Å². The first-order chi connectivity index (χ1) is 13.2. The molecule has 0 bridgehead atoms. The Morgan fingerprint density at radius 1 is 1.07 bits per heavy atom. The van der Waals surface area contributed by atoms with E-state index in [1.54, 1.807) is 42.1 Å².